The predicted molar refractivity (Wildman–Crippen MR) is 123 cm³/mol. The third-order valence-corrected chi connectivity index (χ3v) is 6.69. The van der Waals surface area contributed by atoms with Crippen molar-refractivity contribution in [3.05, 3.63) is 71.3 Å². The number of aryl methyl sites for hydroxylation is 1. The highest BCUT2D eigenvalue weighted by atomic mass is 32.1. The molecule has 4 heterocycles. The number of carbonyl (C=O) groups is 2. The Morgan fingerprint density at radius 2 is 2.00 bits per heavy atom. The summed E-state index contributed by atoms with van der Waals surface area (Å²) in [5.74, 6) is 1.21. The number of carbonyl (C=O) groups excluding carboxylic acids is 2. The van der Waals surface area contributed by atoms with Crippen molar-refractivity contribution in [3.8, 4) is 0 Å². The van der Waals surface area contributed by atoms with E-state index in [2.05, 4.69) is 15.3 Å². The molecule has 2 amide bonds. The fourth-order valence-corrected chi connectivity index (χ4v) is 4.98. The normalized spacial score (nSPS) is 14.2. The molecule has 0 bridgehead atoms. The summed E-state index contributed by atoms with van der Waals surface area (Å²) < 4.78 is 5.37. The molecule has 1 N–H and O–H groups in total. The van der Waals surface area contributed by atoms with E-state index in [0.29, 0.717) is 30.3 Å². The van der Waals surface area contributed by atoms with E-state index >= 15 is 0 Å². The molecule has 32 heavy (non-hydrogen) atoms. The Morgan fingerprint density at radius 1 is 1.16 bits per heavy atom. The highest BCUT2D eigenvalue weighted by Gasteiger charge is 2.31. The van der Waals surface area contributed by atoms with Gasteiger partial charge in [-0.05, 0) is 36.8 Å². The van der Waals surface area contributed by atoms with Gasteiger partial charge >= 0.3 is 0 Å². The molecule has 0 atom stereocenters. The largest absolute Gasteiger partial charge is 0.467 e. The zero-order chi connectivity index (χ0) is 22.1. The van der Waals surface area contributed by atoms with Crippen molar-refractivity contribution in [2.75, 3.05) is 29.9 Å². The van der Waals surface area contributed by atoms with E-state index in [0.717, 1.165) is 27.2 Å². The van der Waals surface area contributed by atoms with Gasteiger partial charge in [0.2, 0.25) is 5.91 Å². The van der Waals surface area contributed by atoms with Gasteiger partial charge in [-0.15, -0.1) is 11.3 Å². The molecule has 0 radical (unpaired) electrons. The Hall–Kier alpha value is -3.72. The average Bonchev–Trinajstić information content (AvgIpc) is 3.46. The van der Waals surface area contributed by atoms with Crippen LogP contribution in [0.2, 0.25) is 0 Å². The van der Waals surface area contributed by atoms with Crippen LogP contribution in [0.4, 0.5) is 11.5 Å². The summed E-state index contributed by atoms with van der Waals surface area (Å²) >= 11 is 1.33. The van der Waals surface area contributed by atoms with Gasteiger partial charge in [0.1, 0.15) is 29.3 Å². The molecule has 1 saturated heterocycles. The average molecular weight is 448 g/mol. The minimum atomic E-state index is -0.149. The maximum atomic E-state index is 13.3. The molecule has 9 heteroatoms. The van der Waals surface area contributed by atoms with Gasteiger partial charge in [0, 0.05) is 18.8 Å². The van der Waals surface area contributed by atoms with E-state index in [-0.39, 0.29) is 18.4 Å². The molecule has 0 unspecified atom stereocenters. The van der Waals surface area contributed by atoms with E-state index in [1.54, 1.807) is 16.1 Å². The maximum Gasteiger partial charge on any atom is 0.264 e. The number of thiophene rings is 1. The van der Waals surface area contributed by atoms with E-state index in [1.165, 1.54) is 17.7 Å². The fourth-order valence-electron chi connectivity index (χ4n) is 3.86. The number of anilines is 2. The van der Waals surface area contributed by atoms with Crippen LogP contribution < -0.4 is 10.2 Å². The van der Waals surface area contributed by atoms with Gasteiger partial charge in [-0.3, -0.25) is 9.59 Å². The standard InChI is InChI=1S/C23H21N5O3S/c1-15-19-21(24-12-17-8-5-11-31-17)25-14-26-22(19)32-20(15)23(30)27-9-10-28(18(29)13-27)16-6-3-2-4-7-16/h2-8,11,14H,9-10,12-13H2,1H3,(H,24,25,26). The molecule has 0 spiro atoms. The van der Waals surface area contributed by atoms with Crippen LogP contribution in [0.15, 0.2) is 59.5 Å². The van der Waals surface area contributed by atoms with Crippen LogP contribution in [0.25, 0.3) is 10.2 Å². The molecule has 5 rings (SSSR count). The van der Waals surface area contributed by atoms with Gasteiger partial charge in [0.25, 0.3) is 5.91 Å². The molecule has 0 aliphatic carbocycles. The molecule has 0 saturated carbocycles. The Labute approximate surface area is 188 Å². The first kappa shape index (κ1) is 20.2. The summed E-state index contributed by atoms with van der Waals surface area (Å²) in [7, 11) is 0. The lowest BCUT2D eigenvalue weighted by molar-refractivity contribution is -0.120. The molecule has 1 aliphatic rings. The number of fused-ring (bicyclic) bond motifs is 1. The van der Waals surface area contributed by atoms with Crippen LogP contribution in [0, 0.1) is 6.92 Å². The number of benzene rings is 1. The highest BCUT2D eigenvalue weighted by molar-refractivity contribution is 7.20. The van der Waals surface area contributed by atoms with Crippen LogP contribution in [-0.2, 0) is 11.3 Å². The third kappa shape index (κ3) is 3.71. The van der Waals surface area contributed by atoms with Gasteiger partial charge in [0.15, 0.2) is 0 Å². The number of para-hydroxylation sites is 1. The second-order valence-electron chi connectivity index (χ2n) is 7.50. The van der Waals surface area contributed by atoms with Crippen LogP contribution >= 0.6 is 11.3 Å². The number of piperazine rings is 1. The summed E-state index contributed by atoms with van der Waals surface area (Å²) in [4.78, 5) is 39.4. The van der Waals surface area contributed by atoms with Crippen molar-refractivity contribution in [1.82, 2.24) is 14.9 Å². The smallest absolute Gasteiger partial charge is 0.264 e. The van der Waals surface area contributed by atoms with Crippen molar-refractivity contribution in [2.24, 2.45) is 0 Å². The molecular weight excluding hydrogens is 426 g/mol. The van der Waals surface area contributed by atoms with E-state index in [9.17, 15) is 9.59 Å². The summed E-state index contributed by atoms with van der Waals surface area (Å²) in [5, 5.41) is 4.09. The molecule has 1 fully saturated rings. The van der Waals surface area contributed by atoms with Crippen molar-refractivity contribution in [3.63, 3.8) is 0 Å². The van der Waals surface area contributed by atoms with Crippen LogP contribution in [0.1, 0.15) is 21.0 Å². The summed E-state index contributed by atoms with van der Waals surface area (Å²) in [6, 6.07) is 13.2. The Kier molecular flexibility index (Phi) is 5.32. The third-order valence-electron chi connectivity index (χ3n) is 5.51. The number of nitrogens with zero attached hydrogens (tertiary/aromatic N) is 4. The summed E-state index contributed by atoms with van der Waals surface area (Å²) in [6.07, 6.45) is 3.11. The number of rotatable bonds is 5. The van der Waals surface area contributed by atoms with Crippen molar-refractivity contribution >= 4 is 44.9 Å². The summed E-state index contributed by atoms with van der Waals surface area (Å²) in [6.45, 7) is 3.37. The lowest BCUT2D eigenvalue weighted by Crippen LogP contribution is -2.52. The molecule has 1 aliphatic heterocycles. The first-order chi connectivity index (χ1) is 15.6. The molecule has 4 aromatic rings. The first-order valence-corrected chi connectivity index (χ1v) is 11.1. The Morgan fingerprint density at radius 3 is 2.75 bits per heavy atom. The zero-order valence-corrected chi connectivity index (χ0v) is 18.3. The molecule has 8 nitrogen and oxygen atoms in total. The Bertz CT molecular complexity index is 1270. The topological polar surface area (TPSA) is 91.6 Å². The van der Waals surface area contributed by atoms with Gasteiger partial charge in [0.05, 0.1) is 23.1 Å². The van der Waals surface area contributed by atoms with Gasteiger partial charge in [-0.2, -0.15) is 0 Å². The minimum absolute atomic E-state index is 0.0523. The lowest BCUT2D eigenvalue weighted by atomic mass is 10.1. The number of furan rings is 1. The second-order valence-corrected chi connectivity index (χ2v) is 8.50. The monoisotopic (exact) mass is 447 g/mol. The quantitative estimate of drug-likeness (QED) is 0.502. The number of nitrogens with one attached hydrogen (secondary N) is 1. The van der Waals surface area contributed by atoms with E-state index < -0.39 is 0 Å². The maximum absolute atomic E-state index is 13.3. The Balaban J connectivity index is 1.36. The van der Waals surface area contributed by atoms with Crippen molar-refractivity contribution < 1.29 is 14.0 Å². The minimum Gasteiger partial charge on any atom is -0.467 e. The first-order valence-electron chi connectivity index (χ1n) is 10.3. The zero-order valence-electron chi connectivity index (χ0n) is 17.4. The fraction of sp³-hybridized carbons (Fsp3) is 0.217. The van der Waals surface area contributed by atoms with Crippen molar-refractivity contribution in [1.29, 1.82) is 0 Å². The second kappa shape index (κ2) is 8.43. The van der Waals surface area contributed by atoms with Gasteiger partial charge in [-0.1, -0.05) is 18.2 Å². The van der Waals surface area contributed by atoms with Crippen molar-refractivity contribution in [2.45, 2.75) is 13.5 Å². The van der Waals surface area contributed by atoms with Crippen LogP contribution in [-0.4, -0.2) is 46.3 Å². The SMILES string of the molecule is Cc1c(C(=O)N2CCN(c3ccccc3)C(=O)C2)sc2ncnc(NCc3ccco3)c12. The van der Waals surface area contributed by atoms with E-state index in [1.807, 2.05) is 49.4 Å². The molecule has 1 aromatic carbocycles. The number of amides is 2. The van der Waals surface area contributed by atoms with E-state index in [4.69, 9.17) is 4.42 Å². The highest BCUT2D eigenvalue weighted by Crippen LogP contribution is 2.34. The van der Waals surface area contributed by atoms with Gasteiger partial charge < -0.3 is 19.5 Å². The number of hydrogen-bond acceptors (Lipinski definition) is 7. The molecule has 162 valence electrons. The molecule has 3 aromatic heterocycles. The van der Waals surface area contributed by atoms with Crippen LogP contribution in [0.5, 0.6) is 0 Å². The predicted octanol–water partition coefficient (Wildman–Crippen LogP) is 3.69. The van der Waals surface area contributed by atoms with Gasteiger partial charge in [-0.25, -0.2) is 9.97 Å². The number of hydrogen-bond donors (Lipinski definition) is 1. The van der Waals surface area contributed by atoms with Crippen LogP contribution in [0.3, 0.4) is 0 Å². The lowest BCUT2D eigenvalue weighted by Gasteiger charge is -2.34. The molecular formula is C23H21N5O3S. The number of aromatic nitrogens is 2. The summed E-state index contributed by atoms with van der Waals surface area (Å²) in [5.41, 5.74) is 1.67.